The fraction of sp³-hybridized carbons (Fsp3) is 0.556. The van der Waals surface area contributed by atoms with E-state index in [0.717, 1.165) is 12.8 Å². The van der Waals surface area contributed by atoms with Crippen molar-refractivity contribution in [3.8, 4) is 5.75 Å². The van der Waals surface area contributed by atoms with Gasteiger partial charge in [0, 0.05) is 19.6 Å². The van der Waals surface area contributed by atoms with Gasteiger partial charge in [0.15, 0.2) is 6.61 Å². The van der Waals surface area contributed by atoms with Crippen LogP contribution < -0.4 is 10.1 Å². The normalized spacial score (nSPS) is 15.0. The number of rotatable bonds is 8. The van der Waals surface area contributed by atoms with Crippen LogP contribution in [-0.2, 0) is 19.6 Å². The Kier molecular flexibility index (Phi) is 7.20. The van der Waals surface area contributed by atoms with Crippen LogP contribution in [0.5, 0.6) is 5.75 Å². The molecule has 0 atom stereocenters. The van der Waals surface area contributed by atoms with E-state index in [4.69, 9.17) is 9.47 Å². The van der Waals surface area contributed by atoms with Crippen LogP contribution in [0.2, 0.25) is 0 Å². The molecule has 0 aliphatic carbocycles. The zero-order valence-electron chi connectivity index (χ0n) is 15.9. The molecule has 1 saturated heterocycles. The van der Waals surface area contributed by atoms with Gasteiger partial charge in [0.25, 0.3) is 5.91 Å². The van der Waals surface area contributed by atoms with Gasteiger partial charge in [0.05, 0.1) is 12.7 Å². The first kappa shape index (κ1) is 21.2. The maximum atomic E-state index is 12.8. The summed E-state index contributed by atoms with van der Waals surface area (Å²) < 4.78 is 37.2. The summed E-state index contributed by atoms with van der Waals surface area (Å²) >= 11 is 0. The van der Waals surface area contributed by atoms with Crippen LogP contribution in [0.1, 0.15) is 37.0 Å². The fourth-order valence-electron chi connectivity index (χ4n) is 2.66. The Labute approximate surface area is 159 Å². The zero-order valence-corrected chi connectivity index (χ0v) is 16.7. The summed E-state index contributed by atoms with van der Waals surface area (Å²) in [6.07, 6.45) is 1.60. The predicted molar refractivity (Wildman–Crippen MR) is 99.1 cm³/mol. The van der Waals surface area contributed by atoms with Crippen LogP contribution in [0, 0.1) is 5.92 Å². The summed E-state index contributed by atoms with van der Waals surface area (Å²) in [7, 11) is -2.40. The monoisotopic (exact) mass is 398 g/mol. The number of methoxy groups -OCH3 is 1. The van der Waals surface area contributed by atoms with Crippen molar-refractivity contribution in [2.75, 3.05) is 33.4 Å². The largest absolute Gasteiger partial charge is 0.495 e. The highest BCUT2D eigenvalue weighted by Crippen LogP contribution is 2.30. The minimum Gasteiger partial charge on any atom is -0.495 e. The van der Waals surface area contributed by atoms with Gasteiger partial charge >= 0.3 is 5.97 Å². The first-order valence-electron chi connectivity index (χ1n) is 8.87. The van der Waals surface area contributed by atoms with Crippen molar-refractivity contribution >= 4 is 21.9 Å². The molecule has 150 valence electrons. The van der Waals surface area contributed by atoms with Crippen LogP contribution in [0.25, 0.3) is 0 Å². The summed E-state index contributed by atoms with van der Waals surface area (Å²) in [6.45, 7) is 4.84. The molecule has 0 saturated carbocycles. The molecule has 27 heavy (non-hydrogen) atoms. The van der Waals surface area contributed by atoms with E-state index < -0.39 is 28.5 Å². The zero-order chi connectivity index (χ0) is 20.0. The molecule has 9 heteroatoms. The molecule has 1 aliphatic heterocycles. The number of sulfonamides is 1. The number of hydrogen-bond donors (Lipinski definition) is 1. The first-order chi connectivity index (χ1) is 12.8. The lowest BCUT2D eigenvalue weighted by atomic mass is 10.2. The van der Waals surface area contributed by atoms with Crippen LogP contribution >= 0.6 is 0 Å². The molecule has 0 bridgehead atoms. The van der Waals surface area contributed by atoms with E-state index in [9.17, 15) is 18.0 Å². The summed E-state index contributed by atoms with van der Waals surface area (Å²) in [5.41, 5.74) is 0.0465. The molecular weight excluding hydrogens is 372 g/mol. The maximum Gasteiger partial charge on any atom is 0.338 e. The molecule has 1 aliphatic rings. The highest BCUT2D eigenvalue weighted by molar-refractivity contribution is 7.89. The highest BCUT2D eigenvalue weighted by Gasteiger charge is 2.30. The molecule has 0 unspecified atom stereocenters. The van der Waals surface area contributed by atoms with E-state index in [0.29, 0.717) is 19.6 Å². The fourth-order valence-corrected chi connectivity index (χ4v) is 4.35. The maximum absolute atomic E-state index is 12.8. The summed E-state index contributed by atoms with van der Waals surface area (Å²) in [6, 6.07) is 4.06. The Balaban J connectivity index is 2.14. The standard InChI is InChI=1S/C18H26N2O6S/c1-13(2)11-19-17(21)12-26-18(22)14-6-7-15(25-3)16(10-14)27(23,24)20-8-4-5-9-20/h6-7,10,13H,4-5,8-9,11-12H2,1-3H3,(H,19,21). The van der Waals surface area contributed by atoms with Gasteiger partial charge in [0.2, 0.25) is 10.0 Å². The van der Waals surface area contributed by atoms with Crippen molar-refractivity contribution < 1.29 is 27.5 Å². The molecule has 1 aromatic carbocycles. The van der Waals surface area contributed by atoms with Crippen LogP contribution in [-0.4, -0.2) is 58.0 Å². The van der Waals surface area contributed by atoms with Gasteiger partial charge in [-0.3, -0.25) is 4.79 Å². The number of ether oxygens (including phenoxy) is 2. The lowest BCUT2D eigenvalue weighted by molar-refractivity contribution is -0.124. The molecule has 1 fully saturated rings. The van der Waals surface area contributed by atoms with E-state index in [1.165, 1.54) is 29.6 Å². The SMILES string of the molecule is COc1ccc(C(=O)OCC(=O)NCC(C)C)cc1S(=O)(=O)N1CCCC1. The Morgan fingerprint density at radius 3 is 2.48 bits per heavy atom. The Bertz CT molecular complexity index is 785. The Morgan fingerprint density at radius 2 is 1.89 bits per heavy atom. The van der Waals surface area contributed by atoms with Crippen LogP contribution in [0.15, 0.2) is 23.1 Å². The lowest BCUT2D eigenvalue weighted by Crippen LogP contribution is -2.31. The van der Waals surface area contributed by atoms with Crippen molar-refractivity contribution in [3.05, 3.63) is 23.8 Å². The second kappa shape index (κ2) is 9.18. The van der Waals surface area contributed by atoms with Gasteiger partial charge in [0.1, 0.15) is 10.6 Å². The smallest absolute Gasteiger partial charge is 0.338 e. The molecule has 8 nitrogen and oxygen atoms in total. The van der Waals surface area contributed by atoms with E-state index in [1.54, 1.807) is 0 Å². The van der Waals surface area contributed by atoms with Gasteiger partial charge in [-0.25, -0.2) is 13.2 Å². The highest BCUT2D eigenvalue weighted by atomic mass is 32.2. The Hall–Kier alpha value is -2.13. The molecule has 0 spiro atoms. The number of esters is 1. The molecule has 1 amide bonds. The van der Waals surface area contributed by atoms with Gasteiger partial charge in [-0.2, -0.15) is 4.31 Å². The number of carbonyl (C=O) groups is 2. The third kappa shape index (κ3) is 5.43. The predicted octanol–water partition coefficient (Wildman–Crippen LogP) is 1.41. The lowest BCUT2D eigenvalue weighted by Gasteiger charge is -2.18. The Morgan fingerprint density at radius 1 is 1.22 bits per heavy atom. The molecule has 2 rings (SSSR count). The van der Waals surface area contributed by atoms with E-state index in [2.05, 4.69) is 5.32 Å². The molecular formula is C18H26N2O6S. The van der Waals surface area contributed by atoms with Gasteiger partial charge in [-0.15, -0.1) is 0 Å². The van der Waals surface area contributed by atoms with E-state index in [-0.39, 0.29) is 22.1 Å². The number of carbonyl (C=O) groups excluding carboxylic acids is 2. The molecule has 0 radical (unpaired) electrons. The molecule has 1 heterocycles. The van der Waals surface area contributed by atoms with Crippen LogP contribution in [0.4, 0.5) is 0 Å². The van der Waals surface area contributed by atoms with Crippen LogP contribution in [0.3, 0.4) is 0 Å². The number of nitrogens with one attached hydrogen (secondary N) is 1. The number of hydrogen-bond acceptors (Lipinski definition) is 6. The average Bonchev–Trinajstić information content (AvgIpc) is 3.19. The van der Waals surface area contributed by atoms with Crippen molar-refractivity contribution in [3.63, 3.8) is 0 Å². The molecule has 1 N–H and O–H groups in total. The van der Waals surface area contributed by atoms with Gasteiger partial charge < -0.3 is 14.8 Å². The third-order valence-electron chi connectivity index (χ3n) is 4.12. The van der Waals surface area contributed by atoms with E-state index >= 15 is 0 Å². The summed E-state index contributed by atoms with van der Waals surface area (Å²) in [5, 5.41) is 2.64. The van der Waals surface area contributed by atoms with Gasteiger partial charge in [-0.05, 0) is 37.0 Å². The summed E-state index contributed by atoms with van der Waals surface area (Å²) in [5.74, 6) is -0.733. The first-order valence-corrected chi connectivity index (χ1v) is 10.3. The number of benzene rings is 1. The number of amides is 1. The molecule has 0 aromatic heterocycles. The van der Waals surface area contributed by atoms with E-state index in [1.807, 2.05) is 13.8 Å². The molecule has 1 aromatic rings. The second-order valence-corrected chi connectivity index (χ2v) is 8.66. The number of nitrogens with zero attached hydrogens (tertiary/aromatic N) is 1. The minimum absolute atomic E-state index is 0.0465. The van der Waals surface area contributed by atoms with Crippen molar-refractivity contribution in [2.45, 2.75) is 31.6 Å². The van der Waals surface area contributed by atoms with Crippen molar-refractivity contribution in [2.24, 2.45) is 5.92 Å². The summed E-state index contributed by atoms with van der Waals surface area (Å²) in [4.78, 5) is 23.8. The average molecular weight is 398 g/mol. The van der Waals surface area contributed by atoms with Crippen molar-refractivity contribution in [1.82, 2.24) is 9.62 Å². The third-order valence-corrected chi connectivity index (χ3v) is 6.04. The van der Waals surface area contributed by atoms with Gasteiger partial charge in [-0.1, -0.05) is 13.8 Å². The minimum atomic E-state index is -3.77. The quantitative estimate of drug-likeness (QED) is 0.664. The topological polar surface area (TPSA) is 102 Å². The van der Waals surface area contributed by atoms with Crippen molar-refractivity contribution in [1.29, 1.82) is 0 Å². The second-order valence-electron chi connectivity index (χ2n) is 6.75.